The molecule has 0 spiro atoms. The number of nitro groups is 1. The second kappa shape index (κ2) is 7.18. The Balaban J connectivity index is 1.75. The molecule has 1 aliphatic rings. The maximum absolute atomic E-state index is 11.8. The predicted octanol–water partition coefficient (Wildman–Crippen LogP) is 1.75. The number of nitro benzene ring substituents is 1. The minimum Gasteiger partial charge on any atom is -0.486 e. The molecule has 2 aromatic rings. The summed E-state index contributed by atoms with van der Waals surface area (Å²) in [6.07, 6.45) is -0.342. The number of fused-ring (bicyclic) bond motifs is 1. The number of benzene rings is 2. The average molecular weight is 379 g/mol. The third-order valence-electron chi connectivity index (χ3n) is 3.83. The first-order valence-electron chi connectivity index (χ1n) is 7.75. The molecule has 0 amide bonds. The van der Waals surface area contributed by atoms with Gasteiger partial charge in [0.05, 0.1) is 16.4 Å². The molecule has 10 heteroatoms. The van der Waals surface area contributed by atoms with Gasteiger partial charge in [0.2, 0.25) is 10.0 Å². The van der Waals surface area contributed by atoms with E-state index < -0.39 is 14.9 Å². The Morgan fingerprint density at radius 2 is 1.96 bits per heavy atom. The molecule has 1 atom stereocenters. The van der Waals surface area contributed by atoms with Crippen LogP contribution in [0.5, 0.6) is 11.5 Å². The van der Waals surface area contributed by atoms with Gasteiger partial charge in [-0.25, -0.2) is 13.1 Å². The second-order valence-electron chi connectivity index (χ2n) is 5.52. The molecule has 2 N–H and O–H groups in total. The van der Waals surface area contributed by atoms with Gasteiger partial charge in [-0.1, -0.05) is 12.1 Å². The van der Waals surface area contributed by atoms with E-state index in [0.717, 1.165) is 6.07 Å². The molecule has 1 heterocycles. The highest BCUT2D eigenvalue weighted by Gasteiger charge is 2.23. The quantitative estimate of drug-likeness (QED) is 0.579. The summed E-state index contributed by atoms with van der Waals surface area (Å²) in [6, 6.07) is 10.9. The van der Waals surface area contributed by atoms with Crippen LogP contribution in [-0.4, -0.2) is 39.6 Å². The van der Waals surface area contributed by atoms with Gasteiger partial charge >= 0.3 is 0 Å². The molecule has 1 aliphatic heterocycles. The van der Waals surface area contributed by atoms with E-state index in [1.165, 1.54) is 19.2 Å². The normalized spacial score (nSPS) is 16.1. The molecule has 0 saturated heterocycles. The molecular weight excluding hydrogens is 362 g/mol. The number of rotatable bonds is 6. The van der Waals surface area contributed by atoms with Gasteiger partial charge in [0.1, 0.15) is 18.4 Å². The molecule has 0 bridgehead atoms. The van der Waals surface area contributed by atoms with Gasteiger partial charge in [-0.2, -0.15) is 0 Å². The van der Waals surface area contributed by atoms with Crippen LogP contribution >= 0.6 is 0 Å². The van der Waals surface area contributed by atoms with Crippen LogP contribution in [0, 0.1) is 10.1 Å². The van der Waals surface area contributed by atoms with Crippen LogP contribution in [0.2, 0.25) is 0 Å². The highest BCUT2D eigenvalue weighted by Crippen LogP contribution is 2.32. The molecule has 0 saturated carbocycles. The van der Waals surface area contributed by atoms with Crippen molar-refractivity contribution in [2.24, 2.45) is 0 Å². The third-order valence-corrected chi connectivity index (χ3v) is 5.24. The first-order chi connectivity index (χ1) is 12.4. The van der Waals surface area contributed by atoms with Gasteiger partial charge in [0, 0.05) is 6.07 Å². The van der Waals surface area contributed by atoms with Crippen LogP contribution in [0.15, 0.2) is 47.4 Å². The number of nitrogens with one attached hydrogen (secondary N) is 2. The summed E-state index contributed by atoms with van der Waals surface area (Å²) in [5, 5.41) is 14.2. The monoisotopic (exact) mass is 379 g/mol. The van der Waals surface area contributed by atoms with Crippen LogP contribution in [0.4, 0.5) is 11.4 Å². The van der Waals surface area contributed by atoms with Crippen molar-refractivity contribution in [1.29, 1.82) is 0 Å². The lowest BCUT2D eigenvalue weighted by atomic mass is 10.2. The van der Waals surface area contributed by atoms with Crippen LogP contribution in [0.3, 0.4) is 0 Å². The van der Waals surface area contributed by atoms with E-state index in [1.807, 2.05) is 12.1 Å². The first kappa shape index (κ1) is 18.0. The standard InChI is InChI=1S/C16H17N3O6S/c1-17-26(22,23)12-6-7-13(14(8-12)19(20)21)18-9-11-10-24-15-4-2-3-5-16(15)25-11/h2-8,11,17-18H,9-10H2,1H3/t11-/m1/s1. The van der Waals surface area contributed by atoms with Crippen molar-refractivity contribution in [3.8, 4) is 11.5 Å². The van der Waals surface area contributed by atoms with E-state index in [1.54, 1.807) is 12.1 Å². The summed E-state index contributed by atoms with van der Waals surface area (Å²) >= 11 is 0. The van der Waals surface area contributed by atoms with Gasteiger partial charge in [0.15, 0.2) is 11.5 Å². The SMILES string of the molecule is CNS(=O)(=O)c1ccc(NC[C@@H]2COc3ccccc3O2)c([N+](=O)[O-])c1. The zero-order valence-corrected chi connectivity index (χ0v) is 14.7. The van der Waals surface area contributed by atoms with Crippen molar-refractivity contribution >= 4 is 21.4 Å². The minimum absolute atomic E-state index is 0.177. The van der Waals surface area contributed by atoms with E-state index in [4.69, 9.17) is 9.47 Å². The Morgan fingerprint density at radius 3 is 2.65 bits per heavy atom. The summed E-state index contributed by atoms with van der Waals surface area (Å²) in [7, 11) is -2.53. The van der Waals surface area contributed by atoms with Crippen LogP contribution < -0.4 is 19.5 Å². The highest BCUT2D eigenvalue weighted by atomic mass is 32.2. The maximum atomic E-state index is 11.8. The Kier molecular flexibility index (Phi) is 4.96. The van der Waals surface area contributed by atoms with Gasteiger partial charge in [-0.15, -0.1) is 0 Å². The number of sulfonamides is 1. The highest BCUT2D eigenvalue weighted by molar-refractivity contribution is 7.89. The molecule has 0 aliphatic carbocycles. The van der Waals surface area contributed by atoms with E-state index in [9.17, 15) is 18.5 Å². The lowest BCUT2D eigenvalue weighted by molar-refractivity contribution is -0.384. The Labute approximate surface area is 150 Å². The number of para-hydroxylation sites is 2. The molecule has 26 heavy (non-hydrogen) atoms. The van der Waals surface area contributed by atoms with E-state index in [0.29, 0.717) is 18.1 Å². The summed E-state index contributed by atoms with van der Waals surface area (Å²) in [5.41, 5.74) is -0.133. The van der Waals surface area contributed by atoms with Crippen LogP contribution in [-0.2, 0) is 10.0 Å². The summed E-state index contributed by atoms with van der Waals surface area (Å²) in [6.45, 7) is 0.553. The number of hydrogen-bond acceptors (Lipinski definition) is 7. The first-order valence-corrected chi connectivity index (χ1v) is 9.23. The van der Waals surface area contributed by atoms with Crippen molar-refractivity contribution in [3.63, 3.8) is 0 Å². The van der Waals surface area contributed by atoms with Gasteiger partial charge < -0.3 is 14.8 Å². The predicted molar refractivity (Wildman–Crippen MR) is 94.2 cm³/mol. The molecule has 0 unspecified atom stereocenters. The zero-order chi connectivity index (χ0) is 18.7. The molecule has 0 fully saturated rings. The van der Waals surface area contributed by atoms with E-state index >= 15 is 0 Å². The molecule has 0 aromatic heterocycles. The Hall–Kier alpha value is -2.85. The van der Waals surface area contributed by atoms with Crippen molar-refractivity contribution in [2.75, 3.05) is 25.5 Å². The van der Waals surface area contributed by atoms with E-state index in [-0.39, 0.29) is 28.9 Å². The van der Waals surface area contributed by atoms with Crippen LogP contribution in [0.25, 0.3) is 0 Å². The molecule has 9 nitrogen and oxygen atoms in total. The third kappa shape index (κ3) is 3.70. The van der Waals surface area contributed by atoms with Crippen molar-refractivity contribution < 1.29 is 22.8 Å². The smallest absolute Gasteiger partial charge is 0.293 e. The summed E-state index contributed by atoms with van der Waals surface area (Å²) < 4.78 is 37.1. The summed E-state index contributed by atoms with van der Waals surface area (Å²) in [5.74, 6) is 1.26. The lowest BCUT2D eigenvalue weighted by Crippen LogP contribution is -2.35. The van der Waals surface area contributed by atoms with Crippen LogP contribution in [0.1, 0.15) is 0 Å². The zero-order valence-electron chi connectivity index (χ0n) is 13.8. The second-order valence-corrected chi connectivity index (χ2v) is 7.41. The fourth-order valence-corrected chi connectivity index (χ4v) is 3.23. The summed E-state index contributed by atoms with van der Waals surface area (Å²) in [4.78, 5) is 10.5. The topological polar surface area (TPSA) is 120 Å². The van der Waals surface area contributed by atoms with Gasteiger partial charge in [-0.3, -0.25) is 10.1 Å². The fraction of sp³-hybridized carbons (Fsp3) is 0.250. The largest absolute Gasteiger partial charge is 0.486 e. The molecule has 3 rings (SSSR count). The Morgan fingerprint density at radius 1 is 1.23 bits per heavy atom. The molecule has 138 valence electrons. The number of nitrogens with zero attached hydrogens (tertiary/aromatic N) is 1. The molecule has 0 radical (unpaired) electrons. The fourth-order valence-electron chi connectivity index (χ4n) is 2.48. The maximum Gasteiger partial charge on any atom is 0.293 e. The van der Waals surface area contributed by atoms with Crippen molar-refractivity contribution in [1.82, 2.24) is 4.72 Å². The minimum atomic E-state index is -3.77. The lowest BCUT2D eigenvalue weighted by Gasteiger charge is -2.26. The average Bonchev–Trinajstić information content (AvgIpc) is 2.65. The number of anilines is 1. The number of ether oxygens (including phenoxy) is 2. The molecular formula is C16H17N3O6S. The van der Waals surface area contributed by atoms with Crippen molar-refractivity contribution in [2.45, 2.75) is 11.0 Å². The van der Waals surface area contributed by atoms with E-state index in [2.05, 4.69) is 10.0 Å². The van der Waals surface area contributed by atoms with Gasteiger partial charge in [0.25, 0.3) is 5.69 Å². The number of hydrogen-bond donors (Lipinski definition) is 2. The van der Waals surface area contributed by atoms with Gasteiger partial charge in [-0.05, 0) is 31.3 Å². The molecule has 2 aromatic carbocycles. The Bertz CT molecular complexity index is 931. The van der Waals surface area contributed by atoms with Crippen molar-refractivity contribution in [3.05, 3.63) is 52.6 Å².